The summed E-state index contributed by atoms with van der Waals surface area (Å²) in [5.41, 5.74) is 0.859. The van der Waals surface area contributed by atoms with E-state index < -0.39 is 0 Å². The first kappa shape index (κ1) is 12.0. The molecule has 1 saturated heterocycles. The van der Waals surface area contributed by atoms with Gasteiger partial charge in [0, 0.05) is 37.6 Å². The number of piperazine rings is 1. The molecule has 1 aliphatic heterocycles. The molecule has 0 amide bonds. The van der Waals surface area contributed by atoms with Crippen LogP contribution in [-0.4, -0.2) is 55.8 Å². The van der Waals surface area contributed by atoms with E-state index in [4.69, 9.17) is 0 Å². The summed E-state index contributed by atoms with van der Waals surface area (Å²) in [6.45, 7) is 7.08. The molecule has 0 spiro atoms. The van der Waals surface area contributed by atoms with Crippen LogP contribution in [0.1, 0.15) is 13.8 Å². The quantitative estimate of drug-likeness (QED) is 0.775. The van der Waals surface area contributed by atoms with Crippen molar-refractivity contribution in [3.63, 3.8) is 0 Å². The predicted molar refractivity (Wildman–Crippen MR) is 69.5 cm³/mol. The van der Waals surface area contributed by atoms with Crippen molar-refractivity contribution < 1.29 is 0 Å². The van der Waals surface area contributed by atoms with Gasteiger partial charge in [0.05, 0.1) is 5.56 Å². The van der Waals surface area contributed by atoms with E-state index in [-0.39, 0.29) is 5.54 Å². The van der Waals surface area contributed by atoms with Crippen LogP contribution >= 0.6 is 0 Å². The average molecular weight is 260 g/mol. The Labute approximate surface area is 110 Å². The molecule has 8 heteroatoms. The first-order valence-corrected chi connectivity index (χ1v) is 6.20. The lowest BCUT2D eigenvalue weighted by Crippen LogP contribution is -2.57. The number of nitrogens with one attached hydrogen (secondary N) is 2. The smallest absolute Gasteiger partial charge is 0.225 e. The van der Waals surface area contributed by atoms with Crippen molar-refractivity contribution in [3.05, 3.63) is 12.4 Å². The van der Waals surface area contributed by atoms with Gasteiger partial charge in [0.15, 0.2) is 5.82 Å². The van der Waals surface area contributed by atoms with Crippen LogP contribution in [0.15, 0.2) is 12.4 Å². The van der Waals surface area contributed by atoms with Gasteiger partial charge in [-0.15, -0.1) is 5.10 Å². The van der Waals surface area contributed by atoms with E-state index in [1.165, 1.54) is 0 Å². The number of aromatic nitrogens is 6. The number of hydrogen-bond acceptors (Lipinski definition) is 7. The van der Waals surface area contributed by atoms with E-state index in [1.54, 1.807) is 12.4 Å². The summed E-state index contributed by atoms with van der Waals surface area (Å²) in [6.07, 6.45) is 3.47. The molecule has 0 saturated carbocycles. The third kappa shape index (κ3) is 2.53. The number of tetrazole rings is 1. The fourth-order valence-electron chi connectivity index (χ4n) is 2.20. The molecular formula is C11H16N8. The van der Waals surface area contributed by atoms with Gasteiger partial charge >= 0.3 is 0 Å². The minimum absolute atomic E-state index is 0.0785. The van der Waals surface area contributed by atoms with Crippen LogP contribution in [-0.2, 0) is 0 Å². The first-order chi connectivity index (χ1) is 9.14. The zero-order chi connectivity index (χ0) is 13.3. The standard InChI is InChI=1S/C11H16N8/c1-11(2)7-19(4-3-14-11)10-12-5-8(6-13-10)9-15-17-18-16-9/h5-6,14H,3-4,7H2,1-2H3,(H,15,16,17,18). The van der Waals surface area contributed by atoms with Crippen molar-refractivity contribution in [1.82, 2.24) is 35.9 Å². The normalized spacial score (nSPS) is 18.5. The predicted octanol–water partition coefficient (Wildman–Crippen LogP) is -0.155. The third-order valence-electron chi connectivity index (χ3n) is 3.11. The van der Waals surface area contributed by atoms with Crippen LogP contribution in [0.3, 0.4) is 0 Å². The number of H-pyrrole nitrogens is 1. The van der Waals surface area contributed by atoms with Crippen molar-refractivity contribution in [1.29, 1.82) is 0 Å². The molecule has 0 radical (unpaired) electrons. The Morgan fingerprint density at radius 1 is 1.26 bits per heavy atom. The molecule has 1 fully saturated rings. The van der Waals surface area contributed by atoms with Gasteiger partial charge in [0.2, 0.25) is 5.95 Å². The highest BCUT2D eigenvalue weighted by Crippen LogP contribution is 2.17. The lowest BCUT2D eigenvalue weighted by Gasteiger charge is -2.39. The maximum absolute atomic E-state index is 4.40. The van der Waals surface area contributed by atoms with Crippen LogP contribution in [0.2, 0.25) is 0 Å². The van der Waals surface area contributed by atoms with E-state index in [9.17, 15) is 0 Å². The average Bonchev–Trinajstić information content (AvgIpc) is 2.92. The highest BCUT2D eigenvalue weighted by atomic mass is 15.5. The number of hydrogen-bond donors (Lipinski definition) is 2. The van der Waals surface area contributed by atoms with Gasteiger partial charge in [-0.2, -0.15) is 0 Å². The fourth-order valence-corrected chi connectivity index (χ4v) is 2.20. The summed E-state index contributed by atoms with van der Waals surface area (Å²) in [4.78, 5) is 11.0. The van der Waals surface area contributed by atoms with Crippen LogP contribution in [0, 0.1) is 0 Å². The number of aromatic amines is 1. The summed E-state index contributed by atoms with van der Waals surface area (Å²) in [5, 5.41) is 17.1. The van der Waals surface area contributed by atoms with Gasteiger partial charge in [0.25, 0.3) is 0 Å². The van der Waals surface area contributed by atoms with Crippen LogP contribution in [0.25, 0.3) is 11.4 Å². The minimum Gasteiger partial charge on any atom is -0.338 e. The fraction of sp³-hybridized carbons (Fsp3) is 0.545. The van der Waals surface area contributed by atoms with Crippen molar-refractivity contribution in [3.8, 4) is 11.4 Å². The van der Waals surface area contributed by atoms with Gasteiger partial charge in [-0.3, -0.25) is 0 Å². The summed E-state index contributed by atoms with van der Waals surface area (Å²) in [6, 6.07) is 0. The van der Waals surface area contributed by atoms with Gasteiger partial charge in [-0.1, -0.05) is 0 Å². The number of anilines is 1. The Bertz CT molecular complexity index is 532. The van der Waals surface area contributed by atoms with Crippen LogP contribution in [0.4, 0.5) is 5.95 Å². The second-order valence-electron chi connectivity index (χ2n) is 5.25. The molecule has 0 aromatic carbocycles. The summed E-state index contributed by atoms with van der Waals surface area (Å²) in [7, 11) is 0. The Balaban J connectivity index is 1.79. The van der Waals surface area contributed by atoms with E-state index in [1.807, 2.05) is 0 Å². The lowest BCUT2D eigenvalue weighted by molar-refractivity contribution is 0.350. The van der Waals surface area contributed by atoms with E-state index in [2.05, 4.69) is 54.7 Å². The van der Waals surface area contributed by atoms with Crippen LogP contribution < -0.4 is 10.2 Å². The van der Waals surface area contributed by atoms with Crippen molar-refractivity contribution in [2.45, 2.75) is 19.4 Å². The molecule has 0 bridgehead atoms. The van der Waals surface area contributed by atoms with E-state index in [0.717, 1.165) is 31.1 Å². The molecule has 2 N–H and O–H groups in total. The lowest BCUT2D eigenvalue weighted by atomic mass is 10.0. The summed E-state index contributed by atoms with van der Waals surface area (Å²) < 4.78 is 0. The van der Waals surface area contributed by atoms with Crippen molar-refractivity contribution in [2.75, 3.05) is 24.5 Å². The molecule has 0 atom stereocenters. The molecule has 1 aliphatic rings. The third-order valence-corrected chi connectivity index (χ3v) is 3.11. The molecule has 3 heterocycles. The Hall–Kier alpha value is -2.09. The zero-order valence-electron chi connectivity index (χ0n) is 11.0. The Morgan fingerprint density at radius 3 is 2.68 bits per heavy atom. The molecule has 0 aliphatic carbocycles. The Morgan fingerprint density at radius 2 is 2.05 bits per heavy atom. The Kier molecular flexibility index (Phi) is 2.86. The maximum atomic E-state index is 4.40. The minimum atomic E-state index is 0.0785. The van der Waals surface area contributed by atoms with Gasteiger partial charge in [0.1, 0.15) is 0 Å². The second-order valence-corrected chi connectivity index (χ2v) is 5.25. The van der Waals surface area contributed by atoms with Gasteiger partial charge in [-0.25, -0.2) is 15.1 Å². The highest BCUT2D eigenvalue weighted by molar-refractivity contribution is 5.51. The number of rotatable bonds is 2. The molecule has 19 heavy (non-hydrogen) atoms. The monoisotopic (exact) mass is 260 g/mol. The SMILES string of the molecule is CC1(C)CN(c2ncc(-c3nnn[nH]3)cn2)CCN1. The largest absolute Gasteiger partial charge is 0.338 e. The van der Waals surface area contributed by atoms with Crippen molar-refractivity contribution >= 4 is 5.95 Å². The number of nitrogens with zero attached hydrogens (tertiary/aromatic N) is 6. The molecule has 3 rings (SSSR count). The van der Waals surface area contributed by atoms with E-state index in [0.29, 0.717) is 5.82 Å². The maximum Gasteiger partial charge on any atom is 0.225 e. The zero-order valence-corrected chi connectivity index (χ0v) is 11.0. The first-order valence-electron chi connectivity index (χ1n) is 6.20. The summed E-state index contributed by atoms with van der Waals surface area (Å²) in [5.74, 6) is 1.32. The molecule has 2 aromatic rings. The molecule has 0 unspecified atom stereocenters. The molecule has 2 aromatic heterocycles. The van der Waals surface area contributed by atoms with Gasteiger partial charge in [-0.05, 0) is 24.3 Å². The van der Waals surface area contributed by atoms with Gasteiger partial charge < -0.3 is 10.2 Å². The topological polar surface area (TPSA) is 95.5 Å². The second kappa shape index (κ2) is 4.54. The van der Waals surface area contributed by atoms with Crippen LogP contribution in [0.5, 0.6) is 0 Å². The van der Waals surface area contributed by atoms with Crippen molar-refractivity contribution in [2.24, 2.45) is 0 Å². The van der Waals surface area contributed by atoms with E-state index >= 15 is 0 Å². The summed E-state index contributed by atoms with van der Waals surface area (Å²) >= 11 is 0. The molecule has 100 valence electrons. The molecule has 8 nitrogen and oxygen atoms in total. The molecular weight excluding hydrogens is 244 g/mol. The highest BCUT2D eigenvalue weighted by Gasteiger charge is 2.26.